The van der Waals surface area contributed by atoms with Gasteiger partial charge in [-0.25, -0.2) is 0 Å². The van der Waals surface area contributed by atoms with Crippen molar-refractivity contribution in [3.8, 4) is 0 Å². The van der Waals surface area contributed by atoms with Crippen molar-refractivity contribution in [3.63, 3.8) is 0 Å². The first-order chi connectivity index (χ1) is 7.03. The molecule has 0 radical (unpaired) electrons. The summed E-state index contributed by atoms with van der Waals surface area (Å²) in [5, 5.41) is 0. The van der Waals surface area contributed by atoms with Gasteiger partial charge in [0, 0.05) is 0 Å². The van der Waals surface area contributed by atoms with Crippen LogP contribution < -0.4 is 0 Å². The summed E-state index contributed by atoms with van der Waals surface area (Å²) in [7, 11) is 0. The van der Waals surface area contributed by atoms with Crippen molar-refractivity contribution < 1.29 is 0 Å². The van der Waals surface area contributed by atoms with Crippen molar-refractivity contribution in [1.82, 2.24) is 0 Å². The van der Waals surface area contributed by atoms with Crippen LogP contribution in [0, 0.1) is 11.3 Å². The molecule has 0 aromatic carbocycles. The summed E-state index contributed by atoms with van der Waals surface area (Å²) >= 11 is 0. The minimum Gasteiger partial charge on any atom is -0.0696 e. The Hall–Kier alpha value is -0.520. The standard InChI is InChI=1S/C15H24/c1-11(2)13-7-9-15(4)8-5-6-12(3)14(15)10-13/h10-11H,5-9H2,1-4H3. The first kappa shape index (κ1) is 11.0. The van der Waals surface area contributed by atoms with Gasteiger partial charge < -0.3 is 0 Å². The lowest BCUT2D eigenvalue weighted by Crippen LogP contribution is -2.27. The van der Waals surface area contributed by atoms with E-state index >= 15 is 0 Å². The predicted molar refractivity (Wildman–Crippen MR) is 66.8 cm³/mol. The molecule has 0 N–H and O–H groups in total. The van der Waals surface area contributed by atoms with Gasteiger partial charge in [0.25, 0.3) is 0 Å². The maximum Gasteiger partial charge on any atom is -0.00727 e. The number of hydrogen-bond acceptors (Lipinski definition) is 0. The molecule has 0 saturated heterocycles. The highest BCUT2D eigenvalue weighted by Gasteiger charge is 2.34. The fourth-order valence-corrected chi connectivity index (χ4v) is 3.22. The van der Waals surface area contributed by atoms with Crippen molar-refractivity contribution in [2.24, 2.45) is 11.3 Å². The summed E-state index contributed by atoms with van der Waals surface area (Å²) in [5.74, 6) is 0.733. The van der Waals surface area contributed by atoms with Crippen LogP contribution in [0.4, 0.5) is 0 Å². The lowest BCUT2D eigenvalue weighted by atomic mass is 9.64. The van der Waals surface area contributed by atoms with Crippen LogP contribution >= 0.6 is 0 Å². The summed E-state index contributed by atoms with van der Waals surface area (Å²) in [6.07, 6.45) is 9.36. The molecule has 2 aliphatic carbocycles. The number of hydrogen-bond donors (Lipinski definition) is 0. The summed E-state index contributed by atoms with van der Waals surface area (Å²) in [4.78, 5) is 0. The van der Waals surface area contributed by atoms with Crippen LogP contribution in [0.25, 0.3) is 0 Å². The molecular weight excluding hydrogens is 180 g/mol. The first-order valence-corrected chi connectivity index (χ1v) is 6.43. The molecule has 0 nitrogen and oxygen atoms in total. The molecule has 0 aromatic rings. The molecule has 0 heteroatoms. The highest BCUT2D eigenvalue weighted by atomic mass is 14.4. The Balaban J connectivity index is 2.39. The van der Waals surface area contributed by atoms with Gasteiger partial charge in [-0.05, 0) is 55.9 Å². The fraction of sp³-hybridized carbons (Fsp3) is 0.733. The Labute approximate surface area is 94.5 Å². The molecule has 0 heterocycles. The molecule has 1 unspecified atom stereocenters. The van der Waals surface area contributed by atoms with Crippen LogP contribution in [0.15, 0.2) is 22.8 Å². The molecule has 2 rings (SSSR count). The third kappa shape index (κ3) is 1.91. The Morgan fingerprint density at radius 2 is 1.93 bits per heavy atom. The summed E-state index contributed by atoms with van der Waals surface area (Å²) < 4.78 is 0. The first-order valence-electron chi connectivity index (χ1n) is 6.43. The van der Waals surface area contributed by atoms with Crippen LogP contribution in [0.1, 0.15) is 59.8 Å². The van der Waals surface area contributed by atoms with Crippen LogP contribution in [0.2, 0.25) is 0 Å². The third-order valence-electron chi connectivity index (χ3n) is 4.43. The average molecular weight is 204 g/mol. The van der Waals surface area contributed by atoms with E-state index in [4.69, 9.17) is 0 Å². The van der Waals surface area contributed by atoms with Crippen molar-refractivity contribution in [1.29, 1.82) is 0 Å². The van der Waals surface area contributed by atoms with Gasteiger partial charge in [0.15, 0.2) is 0 Å². The van der Waals surface area contributed by atoms with E-state index in [2.05, 4.69) is 33.8 Å². The maximum absolute atomic E-state index is 2.53. The Morgan fingerprint density at radius 1 is 1.20 bits per heavy atom. The number of fused-ring (bicyclic) bond motifs is 1. The predicted octanol–water partition coefficient (Wildman–Crippen LogP) is 4.87. The van der Waals surface area contributed by atoms with E-state index in [1.54, 1.807) is 16.7 Å². The second kappa shape index (κ2) is 3.81. The van der Waals surface area contributed by atoms with Gasteiger partial charge in [0.1, 0.15) is 0 Å². The Morgan fingerprint density at radius 3 is 2.60 bits per heavy atom. The molecule has 0 bridgehead atoms. The minimum atomic E-state index is 0.515. The van der Waals surface area contributed by atoms with Gasteiger partial charge in [-0.15, -0.1) is 0 Å². The van der Waals surface area contributed by atoms with Gasteiger partial charge >= 0.3 is 0 Å². The maximum atomic E-state index is 2.53. The highest BCUT2D eigenvalue weighted by molar-refractivity contribution is 5.38. The number of rotatable bonds is 1. The zero-order valence-electron chi connectivity index (χ0n) is 10.7. The monoisotopic (exact) mass is 204 g/mol. The molecule has 0 amide bonds. The van der Waals surface area contributed by atoms with E-state index in [1.165, 1.54) is 32.1 Å². The number of allylic oxidation sites excluding steroid dienone is 4. The molecule has 15 heavy (non-hydrogen) atoms. The van der Waals surface area contributed by atoms with E-state index in [9.17, 15) is 0 Å². The molecule has 1 atom stereocenters. The van der Waals surface area contributed by atoms with Crippen LogP contribution in [-0.2, 0) is 0 Å². The van der Waals surface area contributed by atoms with Gasteiger partial charge in [0.2, 0.25) is 0 Å². The molecule has 0 saturated carbocycles. The van der Waals surface area contributed by atoms with Gasteiger partial charge in [0.05, 0.1) is 0 Å². The lowest BCUT2D eigenvalue weighted by molar-refractivity contribution is 0.300. The summed E-state index contributed by atoms with van der Waals surface area (Å²) in [6.45, 7) is 9.46. The van der Waals surface area contributed by atoms with Gasteiger partial charge in [-0.3, -0.25) is 0 Å². The van der Waals surface area contributed by atoms with Gasteiger partial charge in [-0.1, -0.05) is 38.0 Å². The molecule has 0 aliphatic heterocycles. The van der Waals surface area contributed by atoms with Crippen LogP contribution in [0.3, 0.4) is 0 Å². The minimum absolute atomic E-state index is 0.515. The van der Waals surface area contributed by atoms with E-state index in [-0.39, 0.29) is 0 Å². The molecule has 2 aliphatic rings. The zero-order chi connectivity index (χ0) is 11.1. The van der Waals surface area contributed by atoms with E-state index < -0.39 is 0 Å². The van der Waals surface area contributed by atoms with Crippen molar-refractivity contribution in [2.75, 3.05) is 0 Å². The van der Waals surface area contributed by atoms with Crippen molar-refractivity contribution in [2.45, 2.75) is 59.8 Å². The lowest BCUT2D eigenvalue weighted by Gasteiger charge is -2.41. The molecule has 0 fully saturated rings. The van der Waals surface area contributed by atoms with E-state index in [1.807, 2.05) is 0 Å². The zero-order valence-corrected chi connectivity index (χ0v) is 10.7. The molecule has 84 valence electrons. The molecular formula is C15H24. The second-order valence-corrected chi connectivity index (χ2v) is 5.98. The third-order valence-corrected chi connectivity index (χ3v) is 4.43. The van der Waals surface area contributed by atoms with Crippen LogP contribution in [-0.4, -0.2) is 0 Å². The smallest absolute Gasteiger partial charge is 0.00727 e. The van der Waals surface area contributed by atoms with E-state index in [0.717, 1.165) is 5.92 Å². The summed E-state index contributed by atoms with van der Waals surface area (Å²) in [5.41, 5.74) is 5.52. The second-order valence-electron chi connectivity index (χ2n) is 5.98. The Bertz CT molecular complexity index is 317. The summed E-state index contributed by atoms with van der Waals surface area (Å²) in [6, 6.07) is 0. The van der Waals surface area contributed by atoms with E-state index in [0.29, 0.717) is 5.41 Å². The van der Waals surface area contributed by atoms with Crippen molar-refractivity contribution in [3.05, 3.63) is 22.8 Å². The normalized spacial score (nSPS) is 31.7. The fourth-order valence-electron chi connectivity index (χ4n) is 3.22. The Kier molecular flexibility index (Phi) is 2.79. The highest BCUT2D eigenvalue weighted by Crippen LogP contribution is 2.49. The van der Waals surface area contributed by atoms with Gasteiger partial charge in [-0.2, -0.15) is 0 Å². The quantitative estimate of drug-likeness (QED) is 0.571. The molecule has 0 aromatic heterocycles. The van der Waals surface area contributed by atoms with Crippen molar-refractivity contribution >= 4 is 0 Å². The average Bonchev–Trinajstić information content (AvgIpc) is 2.17. The SMILES string of the molecule is CC1=C2C=C(C(C)C)CCC2(C)CCC1. The molecule has 0 spiro atoms. The topological polar surface area (TPSA) is 0 Å². The van der Waals surface area contributed by atoms with Crippen LogP contribution in [0.5, 0.6) is 0 Å². The largest absolute Gasteiger partial charge is 0.0696 e.